The van der Waals surface area contributed by atoms with Gasteiger partial charge in [-0.15, -0.1) is 0 Å². The minimum absolute atomic E-state index is 0.0143. The zero-order valence-electron chi connectivity index (χ0n) is 11.6. The molecule has 3 N–H and O–H groups in total. The standard InChI is InChI=1S/C14H22N4O/c1-17(2)14(19)12-7-6-11(15)10-13(12)16-18-8-4-3-5-9-18/h6-7,10,16H,3-5,8-9,15H2,1-2H3. The summed E-state index contributed by atoms with van der Waals surface area (Å²) in [5, 5.41) is 2.16. The molecule has 1 aromatic carbocycles. The van der Waals surface area contributed by atoms with Gasteiger partial charge < -0.3 is 16.1 Å². The van der Waals surface area contributed by atoms with Crippen LogP contribution in [0.2, 0.25) is 0 Å². The highest BCUT2D eigenvalue weighted by atomic mass is 16.2. The van der Waals surface area contributed by atoms with E-state index in [4.69, 9.17) is 5.73 Å². The summed E-state index contributed by atoms with van der Waals surface area (Å²) in [6.45, 7) is 2.01. The molecule has 19 heavy (non-hydrogen) atoms. The summed E-state index contributed by atoms with van der Waals surface area (Å²) >= 11 is 0. The highest BCUT2D eigenvalue weighted by Gasteiger charge is 2.16. The summed E-state index contributed by atoms with van der Waals surface area (Å²) in [5.74, 6) is -0.0143. The third-order valence-electron chi connectivity index (χ3n) is 3.31. The number of piperidine rings is 1. The van der Waals surface area contributed by atoms with E-state index in [9.17, 15) is 4.79 Å². The molecule has 0 aromatic heterocycles. The Bertz CT molecular complexity index is 453. The molecule has 5 heteroatoms. The lowest BCUT2D eigenvalue weighted by atomic mass is 10.1. The van der Waals surface area contributed by atoms with Crippen molar-refractivity contribution < 1.29 is 4.79 Å². The Labute approximate surface area is 114 Å². The molecule has 0 atom stereocenters. The number of nitrogens with two attached hydrogens (primary N) is 1. The van der Waals surface area contributed by atoms with Crippen LogP contribution in [0.1, 0.15) is 29.6 Å². The molecule has 0 radical (unpaired) electrons. The zero-order chi connectivity index (χ0) is 13.8. The minimum atomic E-state index is -0.0143. The third kappa shape index (κ3) is 3.38. The van der Waals surface area contributed by atoms with Crippen molar-refractivity contribution in [1.29, 1.82) is 0 Å². The number of nitrogens with one attached hydrogen (secondary N) is 1. The second-order valence-electron chi connectivity index (χ2n) is 5.16. The molecule has 0 aliphatic carbocycles. The quantitative estimate of drug-likeness (QED) is 0.815. The zero-order valence-corrected chi connectivity index (χ0v) is 11.6. The molecule has 1 fully saturated rings. The number of amides is 1. The first-order chi connectivity index (χ1) is 9.08. The van der Waals surface area contributed by atoms with E-state index in [1.807, 2.05) is 6.07 Å². The second kappa shape index (κ2) is 5.93. The Kier molecular flexibility index (Phi) is 4.27. The number of rotatable bonds is 3. The van der Waals surface area contributed by atoms with E-state index in [1.165, 1.54) is 19.3 Å². The summed E-state index contributed by atoms with van der Waals surface area (Å²) in [5.41, 5.74) is 11.3. The van der Waals surface area contributed by atoms with E-state index in [-0.39, 0.29) is 5.91 Å². The van der Waals surface area contributed by atoms with Gasteiger partial charge in [0.1, 0.15) is 0 Å². The molecular weight excluding hydrogens is 240 g/mol. The number of anilines is 2. The van der Waals surface area contributed by atoms with Crippen LogP contribution in [0.15, 0.2) is 18.2 Å². The van der Waals surface area contributed by atoms with Gasteiger partial charge in [-0.2, -0.15) is 0 Å². The number of hydrogen-bond acceptors (Lipinski definition) is 4. The Balaban J connectivity index is 2.21. The first-order valence-electron chi connectivity index (χ1n) is 6.70. The molecule has 104 valence electrons. The first-order valence-corrected chi connectivity index (χ1v) is 6.70. The molecule has 0 spiro atoms. The SMILES string of the molecule is CN(C)C(=O)c1ccc(N)cc1NN1CCCCC1. The number of carbonyl (C=O) groups excluding carboxylic acids is 1. The monoisotopic (exact) mass is 262 g/mol. The summed E-state index contributed by atoms with van der Waals surface area (Å²) < 4.78 is 0. The molecular formula is C14H22N4O. The highest BCUT2D eigenvalue weighted by Crippen LogP contribution is 2.22. The second-order valence-corrected chi connectivity index (χ2v) is 5.16. The van der Waals surface area contributed by atoms with E-state index in [0.717, 1.165) is 18.8 Å². The van der Waals surface area contributed by atoms with Gasteiger partial charge in [-0.05, 0) is 31.0 Å². The van der Waals surface area contributed by atoms with Crippen LogP contribution in [0.5, 0.6) is 0 Å². The average molecular weight is 262 g/mol. The van der Waals surface area contributed by atoms with Crippen LogP contribution in [0, 0.1) is 0 Å². The summed E-state index contributed by atoms with van der Waals surface area (Å²) in [7, 11) is 3.51. The number of nitrogens with zero attached hydrogens (tertiary/aromatic N) is 2. The van der Waals surface area contributed by atoms with Gasteiger partial charge in [0.25, 0.3) is 5.91 Å². The molecule has 5 nitrogen and oxygen atoms in total. The van der Waals surface area contributed by atoms with E-state index in [1.54, 1.807) is 31.1 Å². The fourth-order valence-corrected chi connectivity index (χ4v) is 2.26. The lowest BCUT2D eigenvalue weighted by Gasteiger charge is -2.29. The molecule has 2 rings (SSSR count). The van der Waals surface area contributed by atoms with Gasteiger partial charge in [0, 0.05) is 32.9 Å². The van der Waals surface area contributed by atoms with E-state index in [0.29, 0.717) is 11.3 Å². The average Bonchev–Trinajstić information content (AvgIpc) is 2.39. The van der Waals surface area contributed by atoms with Crippen molar-refractivity contribution in [3.05, 3.63) is 23.8 Å². The Morgan fingerprint density at radius 1 is 1.26 bits per heavy atom. The fraction of sp³-hybridized carbons (Fsp3) is 0.500. The molecule has 1 saturated heterocycles. The normalized spacial score (nSPS) is 16.1. The topological polar surface area (TPSA) is 61.6 Å². The van der Waals surface area contributed by atoms with Gasteiger partial charge in [0.15, 0.2) is 0 Å². The first kappa shape index (κ1) is 13.7. The molecule has 1 amide bonds. The molecule has 0 unspecified atom stereocenters. The molecule has 0 bridgehead atoms. The van der Waals surface area contributed by atoms with E-state index in [2.05, 4.69) is 10.4 Å². The van der Waals surface area contributed by atoms with Crippen molar-refractivity contribution in [2.75, 3.05) is 38.3 Å². The maximum atomic E-state index is 12.1. The number of carbonyl (C=O) groups is 1. The van der Waals surface area contributed by atoms with E-state index < -0.39 is 0 Å². The van der Waals surface area contributed by atoms with Crippen molar-refractivity contribution in [3.63, 3.8) is 0 Å². The van der Waals surface area contributed by atoms with Crippen molar-refractivity contribution in [2.24, 2.45) is 0 Å². The molecule has 1 aliphatic rings. The van der Waals surface area contributed by atoms with Crippen LogP contribution in [-0.2, 0) is 0 Å². The van der Waals surface area contributed by atoms with E-state index >= 15 is 0 Å². The van der Waals surface area contributed by atoms with Gasteiger partial charge in [-0.1, -0.05) is 6.42 Å². The maximum absolute atomic E-state index is 12.1. The van der Waals surface area contributed by atoms with Crippen LogP contribution < -0.4 is 11.2 Å². The molecule has 1 heterocycles. The summed E-state index contributed by atoms with van der Waals surface area (Å²) in [6.07, 6.45) is 3.65. The minimum Gasteiger partial charge on any atom is -0.399 e. The van der Waals surface area contributed by atoms with Gasteiger partial charge in [0.2, 0.25) is 0 Å². The predicted molar refractivity (Wildman–Crippen MR) is 77.9 cm³/mol. The Morgan fingerprint density at radius 2 is 1.95 bits per heavy atom. The molecule has 0 saturated carbocycles. The lowest BCUT2D eigenvalue weighted by Crippen LogP contribution is -2.36. The van der Waals surface area contributed by atoms with Gasteiger partial charge in [-0.25, -0.2) is 5.01 Å². The number of benzene rings is 1. The lowest BCUT2D eigenvalue weighted by molar-refractivity contribution is 0.0828. The van der Waals surface area contributed by atoms with Crippen molar-refractivity contribution in [2.45, 2.75) is 19.3 Å². The number of nitrogen functional groups attached to an aromatic ring is 1. The summed E-state index contributed by atoms with van der Waals surface area (Å²) in [4.78, 5) is 13.7. The Morgan fingerprint density at radius 3 is 2.58 bits per heavy atom. The molecule has 1 aromatic rings. The van der Waals surface area contributed by atoms with Crippen LogP contribution in [0.4, 0.5) is 11.4 Å². The van der Waals surface area contributed by atoms with Crippen molar-refractivity contribution in [1.82, 2.24) is 9.91 Å². The van der Waals surface area contributed by atoms with Crippen molar-refractivity contribution >= 4 is 17.3 Å². The largest absolute Gasteiger partial charge is 0.399 e. The van der Waals surface area contributed by atoms with Crippen molar-refractivity contribution in [3.8, 4) is 0 Å². The molecule has 1 aliphatic heterocycles. The number of hydrogen-bond donors (Lipinski definition) is 2. The smallest absolute Gasteiger partial charge is 0.255 e. The predicted octanol–water partition coefficient (Wildman–Crippen LogP) is 1.78. The van der Waals surface area contributed by atoms with Gasteiger partial charge in [-0.3, -0.25) is 4.79 Å². The van der Waals surface area contributed by atoms with Gasteiger partial charge in [0.05, 0.1) is 11.3 Å². The Hall–Kier alpha value is -1.75. The van der Waals surface area contributed by atoms with Gasteiger partial charge >= 0.3 is 0 Å². The third-order valence-corrected chi connectivity index (χ3v) is 3.31. The van der Waals surface area contributed by atoms with Crippen LogP contribution in [0.3, 0.4) is 0 Å². The number of hydrazine groups is 1. The van der Waals surface area contributed by atoms with Crippen LogP contribution in [0.25, 0.3) is 0 Å². The fourth-order valence-electron chi connectivity index (χ4n) is 2.26. The van der Waals surface area contributed by atoms with Crippen LogP contribution >= 0.6 is 0 Å². The highest BCUT2D eigenvalue weighted by molar-refractivity contribution is 5.99. The summed E-state index contributed by atoms with van der Waals surface area (Å²) in [6, 6.07) is 5.37. The maximum Gasteiger partial charge on any atom is 0.255 e. The van der Waals surface area contributed by atoms with Crippen LogP contribution in [-0.4, -0.2) is 43.0 Å².